The number of rotatable bonds is 7. The van der Waals surface area contributed by atoms with Crippen LogP contribution in [0.25, 0.3) is 0 Å². The Bertz CT molecular complexity index is 968. The summed E-state index contributed by atoms with van der Waals surface area (Å²) >= 11 is 0. The van der Waals surface area contributed by atoms with Crippen LogP contribution in [0.15, 0.2) is 21.9 Å². The Labute approximate surface area is 165 Å². The van der Waals surface area contributed by atoms with E-state index in [9.17, 15) is 33.4 Å². The van der Waals surface area contributed by atoms with Crippen LogP contribution in [-0.2, 0) is 23.1 Å². The number of nitrogens with zero attached hydrogens (tertiary/aromatic N) is 1. The fourth-order valence-corrected chi connectivity index (χ4v) is 5.44. The second-order valence-corrected chi connectivity index (χ2v) is 11.6. The number of hydrogen-bond donors (Lipinski definition) is 2. The number of methoxy groups -OCH3 is 1. The molecule has 164 valence electrons. The van der Waals surface area contributed by atoms with Gasteiger partial charge in [-0.2, -0.15) is 0 Å². The van der Waals surface area contributed by atoms with Gasteiger partial charge in [-0.1, -0.05) is 13.8 Å². The molecular weight excluding hydrogens is 430 g/mol. The van der Waals surface area contributed by atoms with Crippen molar-refractivity contribution in [3.05, 3.63) is 33.1 Å². The van der Waals surface area contributed by atoms with E-state index in [2.05, 4.69) is 4.98 Å². The van der Waals surface area contributed by atoms with Crippen molar-refractivity contribution in [3.63, 3.8) is 0 Å². The number of H-pyrrole nitrogens is 1. The van der Waals surface area contributed by atoms with E-state index in [0.29, 0.717) is 0 Å². The van der Waals surface area contributed by atoms with Gasteiger partial charge in [-0.3, -0.25) is 14.3 Å². The minimum absolute atomic E-state index is 0.0519. The summed E-state index contributed by atoms with van der Waals surface area (Å²) in [6.45, 7) is 2.84. The highest BCUT2D eigenvalue weighted by Crippen LogP contribution is 2.60. The van der Waals surface area contributed by atoms with Gasteiger partial charge in [0.15, 0.2) is 6.23 Å². The van der Waals surface area contributed by atoms with Gasteiger partial charge >= 0.3 is 5.69 Å². The van der Waals surface area contributed by atoms with Crippen LogP contribution in [0.3, 0.4) is 0 Å². The molecule has 29 heavy (non-hydrogen) atoms. The summed E-state index contributed by atoms with van der Waals surface area (Å²) in [5.41, 5.74) is -3.43. The third-order valence-electron chi connectivity index (χ3n) is 5.17. The summed E-state index contributed by atoms with van der Waals surface area (Å²) in [7, 11) is -7.77. The van der Waals surface area contributed by atoms with Gasteiger partial charge in [-0.25, -0.2) is 4.79 Å². The summed E-state index contributed by atoms with van der Waals surface area (Å²) in [6, 6.07) is 1.08. The molecule has 3 rings (SSSR count). The molecule has 1 aliphatic heterocycles. The monoisotopic (exact) mass is 452 g/mol. The molecule has 2 N–H and O–H groups in total. The van der Waals surface area contributed by atoms with Crippen LogP contribution < -0.4 is 21.0 Å². The molecule has 2 heterocycles. The van der Waals surface area contributed by atoms with Gasteiger partial charge < -0.3 is 37.8 Å². The van der Waals surface area contributed by atoms with Crippen molar-refractivity contribution >= 4 is 15.2 Å². The van der Waals surface area contributed by atoms with Gasteiger partial charge in [-0.05, 0) is 12.3 Å². The first kappa shape index (κ1) is 22.6. The van der Waals surface area contributed by atoms with E-state index in [4.69, 9.17) is 14.0 Å². The first-order valence-corrected chi connectivity index (χ1v) is 12.1. The van der Waals surface area contributed by atoms with Crippen LogP contribution in [0, 0.1) is 5.92 Å². The number of nitrogens with one attached hydrogen (secondary N) is 1. The largest absolute Gasteiger partial charge is 0.778 e. The molecule has 0 bridgehead atoms. The third-order valence-corrected chi connectivity index (χ3v) is 8.40. The number of ether oxygens (including phenoxy) is 2. The fourth-order valence-electron chi connectivity index (χ4n) is 3.45. The minimum atomic E-state index is -4.66. The standard InChI is InChI=1S/C15H24N2O10P2/c1-7(2)29(23,24)27-12-11(8-6-9(8)28(20,21)22)26-14(13(12)25-3)17-5-4-10(18)16-15(17)19/h4-5,7-9,11-14H,6H2,1-3H3,(H,23,24)(H,16,18,19)(H2,20,21,22)/p-2/t8?,9?,11-,12+,13+,14-/m1/s1. The Hall–Kier alpha value is -1.10. The first-order valence-electron chi connectivity index (χ1n) is 8.89. The van der Waals surface area contributed by atoms with Crippen molar-refractivity contribution < 1.29 is 37.8 Å². The Kier molecular flexibility index (Phi) is 6.12. The molecule has 0 radical (unpaired) electrons. The van der Waals surface area contributed by atoms with Crippen molar-refractivity contribution in [1.82, 2.24) is 9.55 Å². The van der Waals surface area contributed by atoms with E-state index >= 15 is 0 Å². The smallest absolute Gasteiger partial charge is 0.330 e. The normalized spacial score (nSPS) is 36.0. The summed E-state index contributed by atoms with van der Waals surface area (Å²) in [6.07, 6.45) is -3.41. The summed E-state index contributed by atoms with van der Waals surface area (Å²) in [5.74, 6) is -0.735. The maximum Gasteiger partial charge on any atom is 0.330 e. The maximum absolute atomic E-state index is 12.4. The average molecular weight is 452 g/mol. The van der Waals surface area contributed by atoms with Crippen LogP contribution in [0.4, 0.5) is 0 Å². The Morgan fingerprint density at radius 1 is 1.31 bits per heavy atom. The van der Waals surface area contributed by atoms with Crippen LogP contribution in [0.1, 0.15) is 26.5 Å². The van der Waals surface area contributed by atoms with E-state index in [-0.39, 0.29) is 6.42 Å². The van der Waals surface area contributed by atoms with Gasteiger partial charge in [0, 0.05) is 30.7 Å². The SMILES string of the molecule is CO[C@H]1[C@@H](OP(=O)([O-])C(C)C)[C@@H](C2CC2P(=O)([O-])O)O[C@H]1n1ccc(=O)[nH]c1=O. The summed E-state index contributed by atoms with van der Waals surface area (Å²) < 4.78 is 41.4. The zero-order valence-electron chi connectivity index (χ0n) is 15.9. The molecule has 1 aliphatic carbocycles. The molecule has 14 heteroatoms. The molecule has 0 amide bonds. The Morgan fingerprint density at radius 2 is 1.97 bits per heavy atom. The van der Waals surface area contributed by atoms with Crippen molar-refractivity contribution in [2.24, 2.45) is 5.92 Å². The van der Waals surface area contributed by atoms with Crippen LogP contribution in [0.5, 0.6) is 0 Å². The van der Waals surface area contributed by atoms with Crippen LogP contribution in [-0.4, -0.2) is 51.2 Å². The van der Waals surface area contributed by atoms with Gasteiger partial charge in [0.05, 0.1) is 6.10 Å². The van der Waals surface area contributed by atoms with Gasteiger partial charge in [0.1, 0.15) is 27.4 Å². The molecule has 0 spiro atoms. The topological polar surface area (TPSA) is 183 Å². The lowest BCUT2D eigenvalue weighted by Gasteiger charge is -2.34. The highest BCUT2D eigenvalue weighted by molar-refractivity contribution is 7.52. The van der Waals surface area contributed by atoms with E-state index in [0.717, 1.165) is 16.8 Å². The lowest BCUT2D eigenvalue weighted by Crippen LogP contribution is -2.40. The fraction of sp³-hybridized carbons (Fsp3) is 0.733. The third kappa shape index (κ3) is 4.50. The maximum atomic E-state index is 12.4. The number of aromatic nitrogens is 2. The Morgan fingerprint density at radius 3 is 2.45 bits per heavy atom. The van der Waals surface area contributed by atoms with Crippen molar-refractivity contribution in [2.75, 3.05) is 7.11 Å². The quantitative estimate of drug-likeness (QED) is 0.473. The van der Waals surface area contributed by atoms with E-state index in [1.807, 2.05) is 0 Å². The molecule has 12 nitrogen and oxygen atoms in total. The summed E-state index contributed by atoms with van der Waals surface area (Å²) in [5, 5.41) is 0. The van der Waals surface area contributed by atoms with Crippen molar-refractivity contribution in [2.45, 2.75) is 56.1 Å². The van der Waals surface area contributed by atoms with E-state index in [1.165, 1.54) is 21.0 Å². The highest BCUT2D eigenvalue weighted by Gasteiger charge is 2.59. The van der Waals surface area contributed by atoms with E-state index in [1.54, 1.807) is 0 Å². The first-order chi connectivity index (χ1) is 13.4. The predicted molar refractivity (Wildman–Crippen MR) is 95.4 cm³/mol. The van der Waals surface area contributed by atoms with Crippen LogP contribution in [0.2, 0.25) is 0 Å². The molecule has 2 fully saturated rings. The molecule has 1 saturated heterocycles. The second-order valence-electron chi connectivity index (χ2n) is 7.44. The molecule has 2 aliphatic rings. The molecule has 0 aromatic carbocycles. The Balaban J connectivity index is 1.99. The molecule has 1 aromatic heterocycles. The van der Waals surface area contributed by atoms with Crippen molar-refractivity contribution in [1.29, 1.82) is 0 Å². The minimum Gasteiger partial charge on any atom is -0.778 e. The zero-order valence-corrected chi connectivity index (χ0v) is 17.7. The second kappa shape index (κ2) is 7.86. The molecule has 1 saturated carbocycles. The van der Waals surface area contributed by atoms with Crippen molar-refractivity contribution in [3.8, 4) is 0 Å². The highest BCUT2D eigenvalue weighted by atomic mass is 31.2. The number of hydrogen-bond acceptors (Lipinski definition) is 9. The van der Waals surface area contributed by atoms with Gasteiger partial charge in [-0.15, -0.1) is 0 Å². The summed E-state index contributed by atoms with van der Waals surface area (Å²) in [4.78, 5) is 58.8. The lowest BCUT2D eigenvalue weighted by atomic mass is 10.1. The zero-order chi connectivity index (χ0) is 21.7. The lowest BCUT2D eigenvalue weighted by molar-refractivity contribution is -0.209. The van der Waals surface area contributed by atoms with Gasteiger partial charge in [0.2, 0.25) is 0 Å². The van der Waals surface area contributed by atoms with Gasteiger partial charge in [0.25, 0.3) is 5.56 Å². The number of aromatic amines is 1. The van der Waals surface area contributed by atoms with Crippen LogP contribution >= 0.6 is 15.2 Å². The average Bonchev–Trinajstić information content (AvgIpc) is 3.32. The molecular formula is C15H22N2O10P2-2. The predicted octanol–water partition coefficient (Wildman–Crippen LogP) is -1.27. The van der Waals surface area contributed by atoms with E-state index < -0.39 is 68.2 Å². The molecule has 4 unspecified atom stereocenters. The molecule has 1 aromatic rings. The molecule has 8 atom stereocenters.